The summed E-state index contributed by atoms with van der Waals surface area (Å²) in [6, 6.07) is 7.58. The molecule has 2 N–H and O–H groups in total. The Hall–Kier alpha value is -1.47. The maximum Gasteiger partial charge on any atom is 0.181 e. The topological polar surface area (TPSA) is 68.5 Å². The standard InChI is InChI=1S/C19H25N3O3/c23-18-16(20-9-12-5-1-2-6-12)15-10-24-19(25-15)17(18)22-11-21-13-7-3-4-8-14(13)22/h3-4,7-8,11-12,15-20,23H,1-2,5-6,9-10H2. The van der Waals surface area contributed by atoms with Crippen molar-refractivity contribution < 1.29 is 14.6 Å². The van der Waals surface area contributed by atoms with Crippen molar-refractivity contribution in [2.75, 3.05) is 13.2 Å². The van der Waals surface area contributed by atoms with Crippen LogP contribution in [0.25, 0.3) is 11.0 Å². The predicted octanol–water partition coefficient (Wildman–Crippen LogP) is 1.84. The molecule has 3 fully saturated rings. The van der Waals surface area contributed by atoms with Crippen molar-refractivity contribution in [2.24, 2.45) is 5.92 Å². The van der Waals surface area contributed by atoms with E-state index in [1.807, 2.05) is 28.8 Å². The Morgan fingerprint density at radius 2 is 2.08 bits per heavy atom. The summed E-state index contributed by atoms with van der Waals surface area (Å²) in [5.74, 6) is 0.722. The van der Waals surface area contributed by atoms with Gasteiger partial charge < -0.3 is 24.5 Å². The van der Waals surface area contributed by atoms with E-state index in [4.69, 9.17) is 9.47 Å². The molecular formula is C19H25N3O3. The van der Waals surface area contributed by atoms with E-state index in [1.165, 1.54) is 25.7 Å². The molecular weight excluding hydrogens is 318 g/mol. The number of rotatable bonds is 4. The third-order valence-corrected chi connectivity index (χ3v) is 6.05. The predicted molar refractivity (Wildman–Crippen MR) is 93.1 cm³/mol. The number of hydrogen-bond acceptors (Lipinski definition) is 5. The highest BCUT2D eigenvalue weighted by Gasteiger charge is 2.51. The highest BCUT2D eigenvalue weighted by molar-refractivity contribution is 5.75. The highest BCUT2D eigenvalue weighted by atomic mass is 16.7. The second-order valence-electron chi connectivity index (χ2n) is 7.58. The molecule has 1 aliphatic carbocycles. The summed E-state index contributed by atoms with van der Waals surface area (Å²) in [6.45, 7) is 1.48. The van der Waals surface area contributed by atoms with Gasteiger partial charge in [-0.3, -0.25) is 0 Å². The van der Waals surface area contributed by atoms with E-state index in [0.29, 0.717) is 6.61 Å². The lowest BCUT2D eigenvalue weighted by atomic mass is 9.95. The van der Waals surface area contributed by atoms with E-state index in [-0.39, 0.29) is 18.2 Å². The van der Waals surface area contributed by atoms with Crippen LogP contribution < -0.4 is 5.32 Å². The normalized spacial score (nSPS) is 35.6. The summed E-state index contributed by atoms with van der Waals surface area (Å²) in [7, 11) is 0. The largest absolute Gasteiger partial charge is 0.389 e. The van der Waals surface area contributed by atoms with Gasteiger partial charge in [0.05, 0.1) is 36.1 Å². The molecule has 5 atom stereocenters. The lowest BCUT2D eigenvalue weighted by Gasteiger charge is -2.39. The molecule has 0 spiro atoms. The van der Waals surface area contributed by atoms with Crippen LogP contribution in [0, 0.1) is 5.92 Å². The number of imidazole rings is 1. The molecule has 1 saturated carbocycles. The first kappa shape index (κ1) is 15.8. The minimum Gasteiger partial charge on any atom is -0.389 e. The fourth-order valence-electron chi connectivity index (χ4n) is 4.68. The van der Waals surface area contributed by atoms with Crippen LogP contribution in [0.15, 0.2) is 30.6 Å². The average Bonchev–Trinajstić information content (AvgIpc) is 3.36. The number of nitrogens with zero attached hydrogens (tertiary/aromatic N) is 2. The van der Waals surface area contributed by atoms with Gasteiger partial charge in [0.25, 0.3) is 0 Å². The Balaban J connectivity index is 1.41. The van der Waals surface area contributed by atoms with Crippen molar-refractivity contribution in [3.05, 3.63) is 30.6 Å². The lowest BCUT2D eigenvalue weighted by molar-refractivity contribution is -0.164. The van der Waals surface area contributed by atoms with Crippen molar-refractivity contribution in [3.8, 4) is 0 Å². The number of benzene rings is 1. The zero-order valence-corrected chi connectivity index (χ0v) is 14.3. The van der Waals surface area contributed by atoms with Crippen LogP contribution >= 0.6 is 0 Å². The molecule has 6 heteroatoms. The molecule has 134 valence electrons. The van der Waals surface area contributed by atoms with Crippen LogP contribution in [0.3, 0.4) is 0 Å². The fraction of sp³-hybridized carbons (Fsp3) is 0.632. The monoisotopic (exact) mass is 343 g/mol. The maximum absolute atomic E-state index is 11.1. The molecule has 3 heterocycles. The van der Waals surface area contributed by atoms with Gasteiger partial charge in [-0.2, -0.15) is 0 Å². The molecule has 0 amide bonds. The van der Waals surface area contributed by atoms with Gasteiger partial charge in [-0.1, -0.05) is 25.0 Å². The first-order valence-electron chi connectivity index (χ1n) is 9.41. The van der Waals surface area contributed by atoms with Crippen molar-refractivity contribution in [2.45, 2.75) is 56.3 Å². The number of fused-ring (bicyclic) bond motifs is 3. The van der Waals surface area contributed by atoms with E-state index in [2.05, 4.69) is 10.3 Å². The Kier molecular flexibility index (Phi) is 4.01. The number of nitrogens with one attached hydrogen (secondary N) is 1. The third-order valence-electron chi connectivity index (χ3n) is 6.05. The van der Waals surface area contributed by atoms with Gasteiger partial charge in [-0.05, 0) is 37.4 Å². The molecule has 2 bridgehead atoms. The average molecular weight is 343 g/mol. The number of hydrogen-bond donors (Lipinski definition) is 2. The lowest BCUT2D eigenvalue weighted by Crippen LogP contribution is -2.58. The van der Waals surface area contributed by atoms with E-state index >= 15 is 0 Å². The van der Waals surface area contributed by atoms with Gasteiger partial charge in [-0.15, -0.1) is 0 Å². The molecule has 0 radical (unpaired) electrons. The van der Waals surface area contributed by atoms with Gasteiger partial charge in [0.1, 0.15) is 12.1 Å². The fourth-order valence-corrected chi connectivity index (χ4v) is 4.68. The van der Waals surface area contributed by atoms with E-state index in [9.17, 15) is 5.11 Å². The van der Waals surface area contributed by atoms with Crippen molar-refractivity contribution in [1.82, 2.24) is 14.9 Å². The van der Waals surface area contributed by atoms with Gasteiger partial charge in [0.2, 0.25) is 0 Å². The van der Waals surface area contributed by atoms with Crippen LogP contribution in [-0.4, -0.2) is 52.3 Å². The molecule has 2 aromatic rings. The Bertz CT molecular complexity index is 742. The Morgan fingerprint density at radius 1 is 1.24 bits per heavy atom. The van der Waals surface area contributed by atoms with Crippen LogP contribution in [0.2, 0.25) is 0 Å². The van der Waals surface area contributed by atoms with Crippen molar-refractivity contribution >= 4 is 11.0 Å². The number of aromatic nitrogens is 2. The first-order chi connectivity index (χ1) is 12.3. The highest BCUT2D eigenvalue weighted by Crippen LogP contribution is 2.37. The Morgan fingerprint density at radius 3 is 2.96 bits per heavy atom. The second kappa shape index (κ2) is 6.36. The van der Waals surface area contributed by atoms with Gasteiger partial charge in [0, 0.05) is 0 Å². The van der Waals surface area contributed by atoms with E-state index in [0.717, 1.165) is 23.5 Å². The maximum atomic E-state index is 11.1. The molecule has 5 rings (SSSR count). The summed E-state index contributed by atoms with van der Waals surface area (Å²) in [4.78, 5) is 4.47. The van der Waals surface area contributed by atoms with E-state index < -0.39 is 12.4 Å². The Labute approximate surface area is 147 Å². The zero-order valence-electron chi connectivity index (χ0n) is 14.3. The number of para-hydroxylation sites is 2. The van der Waals surface area contributed by atoms with Crippen molar-refractivity contribution in [1.29, 1.82) is 0 Å². The van der Waals surface area contributed by atoms with Crippen LogP contribution in [0.4, 0.5) is 0 Å². The molecule has 2 saturated heterocycles. The molecule has 1 aromatic carbocycles. The minimum atomic E-state index is -0.565. The molecule has 5 unspecified atom stereocenters. The molecule has 3 aliphatic rings. The summed E-state index contributed by atoms with van der Waals surface area (Å²) in [5.41, 5.74) is 1.92. The molecule has 6 nitrogen and oxygen atoms in total. The number of aliphatic hydroxyl groups excluding tert-OH is 1. The summed E-state index contributed by atoms with van der Waals surface area (Å²) in [6.07, 6.45) is 5.96. The van der Waals surface area contributed by atoms with Crippen molar-refractivity contribution in [3.63, 3.8) is 0 Å². The molecule has 1 aromatic heterocycles. The zero-order chi connectivity index (χ0) is 16.8. The molecule has 2 aliphatic heterocycles. The first-order valence-corrected chi connectivity index (χ1v) is 9.41. The number of aliphatic hydroxyl groups is 1. The smallest absolute Gasteiger partial charge is 0.181 e. The summed E-state index contributed by atoms with van der Waals surface area (Å²) >= 11 is 0. The third kappa shape index (κ3) is 2.68. The van der Waals surface area contributed by atoms with Crippen LogP contribution in [0.5, 0.6) is 0 Å². The second-order valence-corrected chi connectivity index (χ2v) is 7.58. The van der Waals surface area contributed by atoms with Gasteiger partial charge in [-0.25, -0.2) is 4.98 Å². The SMILES string of the molecule is OC1C(NCC2CCCC2)C2COC(O2)C1n1cnc2ccccc21. The summed E-state index contributed by atoms with van der Waals surface area (Å²) < 4.78 is 14.0. The van der Waals surface area contributed by atoms with Gasteiger partial charge in [0.15, 0.2) is 6.29 Å². The minimum absolute atomic E-state index is 0.0764. The van der Waals surface area contributed by atoms with Crippen LogP contribution in [-0.2, 0) is 9.47 Å². The van der Waals surface area contributed by atoms with E-state index in [1.54, 1.807) is 6.33 Å². The summed E-state index contributed by atoms with van der Waals surface area (Å²) in [5, 5.41) is 14.7. The quantitative estimate of drug-likeness (QED) is 0.887. The van der Waals surface area contributed by atoms with Crippen LogP contribution in [0.1, 0.15) is 31.7 Å². The van der Waals surface area contributed by atoms with Gasteiger partial charge >= 0.3 is 0 Å². The number of ether oxygens (including phenoxy) is 2. The molecule has 25 heavy (non-hydrogen) atoms.